The minimum atomic E-state index is -4.31. The third-order valence-corrected chi connectivity index (χ3v) is 9.10. The fourth-order valence-electron chi connectivity index (χ4n) is 4.88. The fraction of sp³-hybridized carbons (Fsp3) is 0.257. The lowest BCUT2D eigenvalue weighted by Gasteiger charge is -2.34. The summed E-state index contributed by atoms with van der Waals surface area (Å²) in [6.07, 6.45) is 1.86. The van der Waals surface area contributed by atoms with Gasteiger partial charge in [-0.2, -0.15) is 0 Å². The zero-order chi connectivity index (χ0) is 32.2. The fourth-order valence-corrected chi connectivity index (χ4v) is 6.30. The first-order valence-corrected chi connectivity index (χ1v) is 16.2. The Morgan fingerprint density at radius 3 is 2.16 bits per heavy atom. The molecule has 0 aliphatic heterocycles. The second kappa shape index (κ2) is 15.9. The summed E-state index contributed by atoms with van der Waals surface area (Å²) in [5, 5.41) is 2.97. The minimum absolute atomic E-state index is 0.0218. The van der Waals surface area contributed by atoms with Crippen molar-refractivity contribution in [2.75, 3.05) is 24.5 Å². The van der Waals surface area contributed by atoms with Crippen LogP contribution in [-0.2, 0) is 32.6 Å². The number of hydrogen-bond acceptors (Lipinski definition) is 5. The second-order valence-corrected chi connectivity index (χ2v) is 12.4. The van der Waals surface area contributed by atoms with Gasteiger partial charge in [-0.05, 0) is 66.1 Å². The van der Waals surface area contributed by atoms with Crippen LogP contribution in [0.5, 0.6) is 5.75 Å². The number of nitrogens with one attached hydrogen (secondary N) is 1. The van der Waals surface area contributed by atoms with E-state index in [4.69, 9.17) is 4.74 Å². The molecule has 4 aromatic rings. The van der Waals surface area contributed by atoms with Crippen LogP contribution in [0.1, 0.15) is 30.9 Å². The van der Waals surface area contributed by atoms with Crippen molar-refractivity contribution in [3.63, 3.8) is 0 Å². The van der Waals surface area contributed by atoms with E-state index >= 15 is 0 Å². The van der Waals surface area contributed by atoms with Crippen molar-refractivity contribution < 1.29 is 27.1 Å². The molecule has 1 N–H and O–H groups in total. The molecular weight excluding hydrogens is 593 g/mol. The molecule has 0 saturated carbocycles. The lowest BCUT2D eigenvalue weighted by Crippen LogP contribution is -2.53. The van der Waals surface area contributed by atoms with Crippen LogP contribution in [0, 0.1) is 5.82 Å². The molecule has 0 unspecified atom stereocenters. The molecule has 1 atom stereocenters. The van der Waals surface area contributed by atoms with E-state index in [1.807, 2.05) is 43.3 Å². The molecule has 236 valence electrons. The number of unbranched alkanes of at least 4 members (excludes halogenated alkanes) is 1. The van der Waals surface area contributed by atoms with Gasteiger partial charge in [0.25, 0.3) is 10.0 Å². The number of carbonyl (C=O) groups excluding carboxylic acids is 2. The van der Waals surface area contributed by atoms with Crippen molar-refractivity contribution in [1.82, 2.24) is 10.2 Å². The summed E-state index contributed by atoms with van der Waals surface area (Å²) >= 11 is 0. The zero-order valence-electron chi connectivity index (χ0n) is 25.4. The van der Waals surface area contributed by atoms with E-state index < -0.39 is 34.3 Å². The van der Waals surface area contributed by atoms with Crippen LogP contribution in [0.3, 0.4) is 0 Å². The second-order valence-electron chi connectivity index (χ2n) is 10.5. The summed E-state index contributed by atoms with van der Waals surface area (Å²) in [4.78, 5) is 29.5. The van der Waals surface area contributed by atoms with Crippen LogP contribution >= 0.6 is 0 Å². The van der Waals surface area contributed by atoms with Gasteiger partial charge in [-0.1, -0.05) is 74.0 Å². The number of amides is 2. The van der Waals surface area contributed by atoms with E-state index in [0.717, 1.165) is 34.8 Å². The molecule has 0 spiro atoms. The van der Waals surface area contributed by atoms with Gasteiger partial charge in [0.1, 0.15) is 24.2 Å². The molecule has 0 aromatic heterocycles. The van der Waals surface area contributed by atoms with Crippen molar-refractivity contribution in [2.45, 2.75) is 43.7 Å². The summed E-state index contributed by atoms with van der Waals surface area (Å²) in [6, 6.07) is 28.3. The molecule has 0 heterocycles. The molecular formula is C35H38FN3O5S. The van der Waals surface area contributed by atoms with Gasteiger partial charge in [-0.15, -0.1) is 0 Å². The molecule has 8 nitrogen and oxygen atoms in total. The average Bonchev–Trinajstić information content (AvgIpc) is 3.06. The van der Waals surface area contributed by atoms with Crippen molar-refractivity contribution in [2.24, 2.45) is 0 Å². The smallest absolute Gasteiger partial charge is 0.264 e. The molecule has 0 fully saturated rings. The highest BCUT2D eigenvalue weighted by Gasteiger charge is 2.34. The third-order valence-electron chi connectivity index (χ3n) is 7.31. The van der Waals surface area contributed by atoms with Gasteiger partial charge in [0.2, 0.25) is 11.8 Å². The molecule has 0 bridgehead atoms. The quantitative estimate of drug-likeness (QED) is 0.173. The van der Waals surface area contributed by atoms with Crippen LogP contribution in [0.4, 0.5) is 10.1 Å². The number of sulfonamides is 1. The molecule has 4 aromatic carbocycles. The van der Waals surface area contributed by atoms with E-state index in [1.54, 1.807) is 55.6 Å². The molecule has 4 rings (SSSR count). The summed E-state index contributed by atoms with van der Waals surface area (Å²) in [5.41, 5.74) is 1.80. The molecule has 0 aliphatic carbocycles. The predicted octanol–water partition coefficient (Wildman–Crippen LogP) is 5.59. The van der Waals surface area contributed by atoms with Gasteiger partial charge < -0.3 is 15.0 Å². The molecule has 0 saturated heterocycles. The Labute approximate surface area is 264 Å². The summed E-state index contributed by atoms with van der Waals surface area (Å²) in [7, 11) is -2.77. The Bertz CT molecular complexity index is 1650. The average molecular weight is 632 g/mol. The number of benzene rings is 4. The first-order chi connectivity index (χ1) is 21.7. The van der Waals surface area contributed by atoms with Gasteiger partial charge in [-0.3, -0.25) is 13.9 Å². The van der Waals surface area contributed by atoms with Crippen molar-refractivity contribution in [1.29, 1.82) is 0 Å². The first-order valence-electron chi connectivity index (χ1n) is 14.8. The predicted molar refractivity (Wildman–Crippen MR) is 173 cm³/mol. The minimum Gasteiger partial charge on any atom is -0.497 e. The zero-order valence-corrected chi connectivity index (χ0v) is 26.3. The number of hydrogen-bond donors (Lipinski definition) is 1. The Balaban J connectivity index is 1.78. The summed E-state index contributed by atoms with van der Waals surface area (Å²) in [6.45, 7) is 1.89. The van der Waals surface area contributed by atoms with E-state index in [0.29, 0.717) is 17.9 Å². The van der Waals surface area contributed by atoms with Gasteiger partial charge in [0, 0.05) is 19.5 Å². The SMILES string of the molecule is CCCCNC(=O)[C@@H](Cc1ccccc1)N(Cc1cccc(OC)c1)C(=O)CN(c1ccccc1)S(=O)(=O)c1ccc(F)cc1. The Morgan fingerprint density at radius 1 is 0.867 bits per heavy atom. The number of methoxy groups -OCH3 is 1. The van der Waals surface area contributed by atoms with Crippen molar-refractivity contribution in [3.05, 3.63) is 126 Å². The number of anilines is 1. The highest BCUT2D eigenvalue weighted by molar-refractivity contribution is 7.92. The van der Waals surface area contributed by atoms with Crippen LogP contribution in [0.2, 0.25) is 0 Å². The molecule has 2 amide bonds. The lowest BCUT2D eigenvalue weighted by atomic mass is 10.0. The number of halogens is 1. The Hall–Kier alpha value is -4.70. The van der Waals surface area contributed by atoms with Gasteiger partial charge in [-0.25, -0.2) is 12.8 Å². The topological polar surface area (TPSA) is 96.0 Å². The van der Waals surface area contributed by atoms with Crippen LogP contribution in [0.25, 0.3) is 0 Å². The summed E-state index contributed by atoms with van der Waals surface area (Å²) < 4.78 is 48.0. The van der Waals surface area contributed by atoms with Crippen LogP contribution in [-0.4, -0.2) is 51.4 Å². The van der Waals surface area contributed by atoms with E-state index in [1.165, 1.54) is 17.0 Å². The van der Waals surface area contributed by atoms with E-state index in [9.17, 15) is 22.4 Å². The third kappa shape index (κ3) is 8.92. The van der Waals surface area contributed by atoms with E-state index in [-0.39, 0.29) is 29.5 Å². The lowest BCUT2D eigenvalue weighted by molar-refractivity contribution is -0.140. The Kier molecular flexibility index (Phi) is 11.7. The van der Waals surface area contributed by atoms with E-state index in [2.05, 4.69) is 5.32 Å². The van der Waals surface area contributed by atoms with Crippen molar-refractivity contribution in [3.8, 4) is 5.75 Å². The highest BCUT2D eigenvalue weighted by Crippen LogP contribution is 2.25. The number of carbonyl (C=O) groups is 2. The first kappa shape index (κ1) is 33.2. The number of para-hydroxylation sites is 1. The maximum absolute atomic E-state index is 14.4. The maximum atomic E-state index is 14.4. The number of nitrogens with zero attached hydrogens (tertiary/aromatic N) is 2. The highest BCUT2D eigenvalue weighted by atomic mass is 32.2. The number of rotatable bonds is 15. The monoisotopic (exact) mass is 631 g/mol. The molecule has 0 aliphatic rings. The Morgan fingerprint density at radius 2 is 1.51 bits per heavy atom. The van der Waals surface area contributed by atoms with Gasteiger partial charge >= 0.3 is 0 Å². The van der Waals surface area contributed by atoms with Crippen molar-refractivity contribution >= 4 is 27.5 Å². The summed E-state index contributed by atoms with van der Waals surface area (Å²) in [5.74, 6) is -0.926. The van der Waals surface area contributed by atoms with Crippen LogP contribution in [0.15, 0.2) is 114 Å². The molecule has 0 radical (unpaired) electrons. The molecule has 45 heavy (non-hydrogen) atoms. The standard InChI is InChI=1S/C35H38FN3O5S/c1-3-4-22-37-35(41)33(24-27-12-7-5-8-13-27)38(25-28-14-11-17-31(23-28)44-2)34(40)26-39(30-15-9-6-10-16-30)45(42,43)32-20-18-29(36)19-21-32/h5-21,23,33H,3-4,22,24-26H2,1-2H3,(H,37,41)/t33-/m1/s1. The number of ether oxygens (including phenoxy) is 1. The van der Waals surface area contributed by atoms with Gasteiger partial charge in [0.05, 0.1) is 17.7 Å². The molecule has 10 heteroatoms. The maximum Gasteiger partial charge on any atom is 0.264 e. The normalized spacial score (nSPS) is 11.8. The van der Waals surface area contributed by atoms with Gasteiger partial charge in [0.15, 0.2) is 0 Å². The largest absolute Gasteiger partial charge is 0.497 e. The van der Waals surface area contributed by atoms with Crippen LogP contribution < -0.4 is 14.4 Å².